The Morgan fingerprint density at radius 2 is 1.76 bits per heavy atom. The Kier molecular flexibility index (Phi) is 8.67. The minimum atomic E-state index is -0.353. The van der Waals surface area contributed by atoms with Gasteiger partial charge < -0.3 is 10.6 Å². The molecule has 0 saturated carbocycles. The molecule has 3 aromatic rings. The number of urea groups is 1. The van der Waals surface area contributed by atoms with Gasteiger partial charge in [0.05, 0.1) is 11.4 Å². The second kappa shape index (κ2) is 11.9. The maximum Gasteiger partial charge on any atom is 0.324 e. The minimum Gasteiger partial charge on any atom is -0.317 e. The number of aromatic nitrogens is 2. The van der Waals surface area contributed by atoms with Gasteiger partial charge in [0.2, 0.25) is 0 Å². The summed E-state index contributed by atoms with van der Waals surface area (Å²) in [6.07, 6.45) is 3.38. The van der Waals surface area contributed by atoms with E-state index in [9.17, 15) is 9.59 Å². The summed E-state index contributed by atoms with van der Waals surface area (Å²) in [5.41, 5.74) is 4.39. The highest BCUT2D eigenvalue weighted by atomic mass is 16.2. The highest BCUT2D eigenvalue weighted by molar-refractivity contribution is 5.99. The summed E-state index contributed by atoms with van der Waals surface area (Å²) < 4.78 is 1.77. The number of amides is 2. The van der Waals surface area contributed by atoms with Crippen LogP contribution in [-0.2, 0) is 10.2 Å². The zero-order valence-electron chi connectivity index (χ0n) is 23.3. The van der Waals surface area contributed by atoms with Crippen LogP contribution in [0, 0.1) is 12.8 Å². The number of ketones is 1. The van der Waals surface area contributed by atoms with Crippen LogP contribution in [0.2, 0.25) is 0 Å². The van der Waals surface area contributed by atoms with Crippen molar-refractivity contribution in [1.82, 2.24) is 15.1 Å². The van der Waals surface area contributed by atoms with E-state index in [-0.39, 0.29) is 23.1 Å². The molecule has 7 heteroatoms. The molecule has 4 rings (SSSR count). The zero-order chi connectivity index (χ0) is 27.3. The first-order valence-corrected chi connectivity index (χ1v) is 13.7. The Balaban J connectivity index is 1.56. The molecule has 2 aromatic carbocycles. The fourth-order valence-electron chi connectivity index (χ4n) is 5.11. The third-order valence-corrected chi connectivity index (χ3v) is 7.20. The van der Waals surface area contributed by atoms with Gasteiger partial charge >= 0.3 is 6.03 Å². The number of carbonyl (C=O) groups excluding carboxylic acids is 2. The molecule has 0 radical (unpaired) electrons. The molecule has 7 nitrogen and oxygen atoms in total. The molecule has 1 aliphatic heterocycles. The summed E-state index contributed by atoms with van der Waals surface area (Å²) in [6, 6.07) is 17.4. The van der Waals surface area contributed by atoms with Crippen molar-refractivity contribution in [3.8, 4) is 5.69 Å². The van der Waals surface area contributed by atoms with E-state index in [1.807, 2.05) is 68.4 Å². The van der Waals surface area contributed by atoms with Crippen LogP contribution in [0.5, 0.6) is 0 Å². The van der Waals surface area contributed by atoms with Gasteiger partial charge in [-0.3, -0.25) is 10.1 Å². The van der Waals surface area contributed by atoms with Gasteiger partial charge in [-0.25, -0.2) is 9.48 Å². The number of rotatable bonds is 8. The molecule has 38 heavy (non-hydrogen) atoms. The second-order valence-electron chi connectivity index (χ2n) is 11.4. The summed E-state index contributed by atoms with van der Waals surface area (Å²) in [5, 5.41) is 14.2. The topological polar surface area (TPSA) is 88.1 Å². The number of Topliss-reactive ketones (excluding diaryl/α,β-unsaturated/α-hetero) is 1. The van der Waals surface area contributed by atoms with Gasteiger partial charge in [-0.2, -0.15) is 5.10 Å². The van der Waals surface area contributed by atoms with Crippen LogP contribution in [0.1, 0.15) is 76.1 Å². The molecular weight excluding hydrogens is 474 g/mol. The Morgan fingerprint density at radius 1 is 1.05 bits per heavy atom. The van der Waals surface area contributed by atoms with E-state index < -0.39 is 0 Å². The lowest BCUT2D eigenvalue weighted by Gasteiger charge is -2.30. The number of nitrogens with zero attached hydrogens (tertiary/aromatic N) is 2. The fourth-order valence-corrected chi connectivity index (χ4v) is 5.11. The van der Waals surface area contributed by atoms with Crippen LogP contribution in [0.25, 0.3) is 5.69 Å². The SMILES string of the molecule is CCCC(=O)C(c1cccc(NC(=O)Nc2cc(C(C)(C)C)nn2-c2ccc(C)cc2)c1)C1CCNCC1. The molecule has 1 aliphatic rings. The zero-order valence-corrected chi connectivity index (χ0v) is 23.3. The number of hydrogen-bond donors (Lipinski definition) is 3. The number of piperidine rings is 1. The van der Waals surface area contributed by atoms with Crippen LogP contribution >= 0.6 is 0 Å². The monoisotopic (exact) mass is 515 g/mol. The molecule has 0 bridgehead atoms. The highest BCUT2D eigenvalue weighted by Crippen LogP contribution is 2.34. The molecular formula is C31H41N5O2. The number of benzene rings is 2. The smallest absolute Gasteiger partial charge is 0.317 e. The van der Waals surface area contributed by atoms with Crippen molar-refractivity contribution in [3.63, 3.8) is 0 Å². The van der Waals surface area contributed by atoms with Crippen molar-refractivity contribution in [2.75, 3.05) is 23.7 Å². The first kappa shape index (κ1) is 27.6. The van der Waals surface area contributed by atoms with E-state index >= 15 is 0 Å². The largest absolute Gasteiger partial charge is 0.324 e. The molecule has 202 valence electrons. The van der Waals surface area contributed by atoms with E-state index in [0.29, 0.717) is 23.8 Å². The average Bonchev–Trinajstić information content (AvgIpc) is 3.30. The lowest BCUT2D eigenvalue weighted by molar-refractivity contribution is -0.122. The van der Waals surface area contributed by atoms with Crippen LogP contribution < -0.4 is 16.0 Å². The van der Waals surface area contributed by atoms with Crippen molar-refractivity contribution in [1.29, 1.82) is 0 Å². The van der Waals surface area contributed by atoms with Gasteiger partial charge in [-0.15, -0.1) is 0 Å². The van der Waals surface area contributed by atoms with Gasteiger partial charge in [-0.1, -0.05) is 57.5 Å². The molecule has 1 unspecified atom stereocenters. The van der Waals surface area contributed by atoms with Crippen molar-refractivity contribution >= 4 is 23.3 Å². The van der Waals surface area contributed by atoms with Crippen LogP contribution in [0.3, 0.4) is 0 Å². The number of aryl methyl sites for hydroxylation is 1. The summed E-state index contributed by atoms with van der Waals surface area (Å²) in [4.78, 5) is 26.3. The molecule has 1 fully saturated rings. The Hall–Kier alpha value is -3.45. The lowest BCUT2D eigenvalue weighted by atomic mass is 9.77. The summed E-state index contributed by atoms with van der Waals surface area (Å²) in [5.74, 6) is 1.06. The maximum absolute atomic E-state index is 13.2. The first-order chi connectivity index (χ1) is 18.2. The van der Waals surface area contributed by atoms with Gasteiger partial charge in [0, 0.05) is 29.5 Å². The van der Waals surface area contributed by atoms with E-state index in [0.717, 1.165) is 54.9 Å². The van der Waals surface area contributed by atoms with Crippen molar-refractivity contribution < 1.29 is 9.59 Å². The first-order valence-electron chi connectivity index (χ1n) is 13.7. The Labute approximate surface area is 226 Å². The highest BCUT2D eigenvalue weighted by Gasteiger charge is 2.30. The Morgan fingerprint density at radius 3 is 2.42 bits per heavy atom. The fraction of sp³-hybridized carbons (Fsp3) is 0.452. The number of carbonyl (C=O) groups is 2. The van der Waals surface area contributed by atoms with Gasteiger partial charge in [0.15, 0.2) is 0 Å². The van der Waals surface area contributed by atoms with Gasteiger partial charge in [0.25, 0.3) is 0 Å². The molecule has 0 aliphatic carbocycles. The lowest BCUT2D eigenvalue weighted by Crippen LogP contribution is -2.33. The quantitative estimate of drug-likeness (QED) is 0.316. The molecule has 3 N–H and O–H groups in total. The summed E-state index contributed by atoms with van der Waals surface area (Å²) >= 11 is 0. The maximum atomic E-state index is 13.2. The van der Waals surface area contributed by atoms with Crippen molar-refractivity contribution in [3.05, 3.63) is 71.4 Å². The van der Waals surface area contributed by atoms with Gasteiger partial charge in [-0.05, 0) is 75.0 Å². The third-order valence-electron chi connectivity index (χ3n) is 7.20. The normalized spacial score (nSPS) is 15.2. The molecule has 1 atom stereocenters. The predicted octanol–water partition coefficient (Wildman–Crippen LogP) is 6.57. The standard InChI is InChI=1S/C31H41N5O2/c1-6-8-26(37)29(22-15-17-32-18-16-22)23-9-7-10-24(19-23)33-30(38)34-28-20-27(31(3,4)5)35-36(28)25-13-11-21(2)12-14-25/h7,9-14,19-20,22,29,32H,6,8,15-18H2,1-5H3,(H2,33,34,38). The van der Waals surface area contributed by atoms with Gasteiger partial charge in [0.1, 0.15) is 11.6 Å². The van der Waals surface area contributed by atoms with E-state index in [1.54, 1.807) is 4.68 Å². The van der Waals surface area contributed by atoms with Crippen molar-refractivity contribution in [2.45, 2.75) is 71.6 Å². The minimum absolute atomic E-state index is 0.140. The number of anilines is 2. The van der Waals surface area contributed by atoms with E-state index in [1.165, 1.54) is 0 Å². The Bertz CT molecular complexity index is 1250. The van der Waals surface area contributed by atoms with Crippen LogP contribution in [-0.4, -0.2) is 34.7 Å². The van der Waals surface area contributed by atoms with E-state index in [4.69, 9.17) is 5.10 Å². The van der Waals surface area contributed by atoms with Crippen LogP contribution in [0.4, 0.5) is 16.3 Å². The van der Waals surface area contributed by atoms with Crippen molar-refractivity contribution in [2.24, 2.45) is 5.92 Å². The average molecular weight is 516 g/mol. The predicted molar refractivity (Wildman–Crippen MR) is 154 cm³/mol. The summed E-state index contributed by atoms with van der Waals surface area (Å²) in [6.45, 7) is 12.3. The molecule has 2 heterocycles. The van der Waals surface area contributed by atoms with E-state index in [2.05, 4.69) is 36.7 Å². The molecule has 1 aromatic heterocycles. The molecule has 2 amide bonds. The summed E-state index contributed by atoms with van der Waals surface area (Å²) in [7, 11) is 0. The second-order valence-corrected chi connectivity index (χ2v) is 11.4. The third kappa shape index (κ3) is 6.70. The van der Waals surface area contributed by atoms with Crippen LogP contribution in [0.15, 0.2) is 54.6 Å². The number of nitrogens with one attached hydrogen (secondary N) is 3. The molecule has 1 saturated heterocycles. The number of hydrogen-bond acceptors (Lipinski definition) is 4. The molecule has 0 spiro atoms.